The first-order valence-corrected chi connectivity index (χ1v) is 5.44. The van der Waals surface area contributed by atoms with E-state index in [2.05, 4.69) is 15.2 Å². The second kappa shape index (κ2) is 4.29. The predicted molar refractivity (Wildman–Crippen MR) is 67.7 cm³/mol. The summed E-state index contributed by atoms with van der Waals surface area (Å²) >= 11 is 0. The van der Waals surface area contributed by atoms with Gasteiger partial charge < -0.3 is 5.11 Å². The zero-order chi connectivity index (χ0) is 12.4. The SMILES string of the molecule is O/C(=C/c1nncc2cncn12)c1ccccc1. The van der Waals surface area contributed by atoms with E-state index in [-0.39, 0.29) is 5.76 Å². The number of aliphatic hydroxyl groups excluding tert-OH is 1. The van der Waals surface area contributed by atoms with Gasteiger partial charge in [0, 0.05) is 11.6 Å². The lowest BCUT2D eigenvalue weighted by atomic mass is 10.2. The Morgan fingerprint density at radius 1 is 1.17 bits per heavy atom. The molecule has 0 atom stereocenters. The zero-order valence-electron chi connectivity index (χ0n) is 9.43. The Morgan fingerprint density at radius 2 is 2.00 bits per heavy atom. The highest BCUT2D eigenvalue weighted by Gasteiger charge is 2.03. The van der Waals surface area contributed by atoms with Crippen molar-refractivity contribution in [2.45, 2.75) is 0 Å². The van der Waals surface area contributed by atoms with Gasteiger partial charge in [-0.2, -0.15) is 5.10 Å². The van der Waals surface area contributed by atoms with Crippen molar-refractivity contribution >= 4 is 17.4 Å². The quantitative estimate of drug-likeness (QED) is 0.695. The summed E-state index contributed by atoms with van der Waals surface area (Å²) in [7, 11) is 0. The number of hydrogen-bond donors (Lipinski definition) is 1. The Morgan fingerprint density at radius 3 is 2.83 bits per heavy atom. The molecule has 0 amide bonds. The number of rotatable bonds is 2. The van der Waals surface area contributed by atoms with Crippen LogP contribution >= 0.6 is 0 Å². The second-order valence-electron chi connectivity index (χ2n) is 3.79. The average molecular weight is 238 g/mol. The van der Waals surface area contributed by atoms with Crippen molar-refractivity contribution < 1.29 is 5.11 Å². The lowest BCUT2D eigenvalue weighted by molar-refractivity contribution is 0.515. The van der Waals surface area contributed by atoms with E-state index in [4.69, 9.17) is 0 Å². The van der Waals surface area contributed by atoms with Crippen molar-refractivity contribution in [3.8, 4) is 0 Å². The molecule has 3 rings (SSSR count). The molecule has 0 saturated heterocycles. The lowest BCUT2D eigenvalue weighted by Gasteiger charge is -2.01. The Labute approximate surface area is 103 Å². The lowest BCUT2D eigenvalue weighted by Crippen LogP contribution is -1.97. The minimum absolute atomic E-state index is 0.145. The molecule has 0 bridgehead atoms. The molecule has 1 aromatic carbocycles. The number of fused-ring (bicyclic) bond motifs is 1. The van der Waals surface area contributed by atoms with Crippen LogP contribution in [0.4, 0.5) is 0 Å². The van der Waals surface area contributed by atoms with Gasteiger partial charge in [-0.05, 0) is 0 Å². The molecule has 0 unspecified atom stereocenters. The minimum Gasteiger partial charge on any atom is -0.507 e. The van der Waals surface area contributed by atoms with E-state index >= 15 is 0 Å². The van der Waals surface area contributed by atoms with Crippen LogP contribution in [-0.2, 0) is 0 Å². The van der Waals surface area contributed by atoms with E-state index in [0.29, 0.717) is 5.82 Å². The highest BCUT2D eigenvalue weighted by Crippen LogP contribution is 2.14. The van der Waals surface area contributed by atoms with Gasteiger partial charge in [0.2, 0.25) is 0 Å². The smallest absolute Gasteiger partial charge is 0.164 e. The molecule has 2 aromatic heterocycles. The van der Waals surface area contributed by atoms with E-state index in [9.17, 15) is 5.11 Å². The third kappa shape index (κ3) is 1.82. The van der Waals surface area contributed by atoms with Gasteiger partial charge in [-0.15, -0.1) is 5.10 Å². The first-order chi connectivity index (χ1) is 8.84. The normalized spacial score (nSPS) is 11.9. The van der Waals surface area contributed by atoms with Gasteiger partial charge in [0.15, 0.2) is 5.82 Å². The number of aromatic nitrogens is 4. The van der Waals surface area contributed by atoms with E-state index < -0.39 is 0 Å². The fourth-order valence-corrected chi connectivity index (χ4v) is 1.70. The first-order valence-electron chi connectivity index (χ1n) is 5.44. The molecule has 2 heterocycles. The van der Waals surface area contributed by atoms with Gasteiger partial charge in [-0.3, -0.25) is 4.40 Å². The molecule has 88 valence electrons. The highest BCUT2D eigenvalue weighted by atomic mass is 16.3. The molecule has 0 saturated carbocycles. The van der Waals surface area contributed by atoms with Crippen molar-refractivity contribution in [3.63, 3.8) is 0 Å². The molecular weight excluding hydrogens is 228 g/mol. The summed E-state index contributed by atoms with van der Waals surface area (Å²) in [5.74, 6) is 0.678. The monoisotopic (exact) mass is 238 g/mol. The average Bonchev–Trinajstić information content (AvgIpc) is 2.89. The Kier molecular flexibility index (Phi) is 2.49. The predicted octanol–water partition coefficient (Wildman–Crippen LogP) is 2.18. The van der Waals surface area contributed by atoms with Crippen LogP contribution in [0.3, 0.4) is 0 Å². The minimum atomic E-state index is 0.145. The Bertz CT molecular complexity index is 703. The van der Waals surface area contributed by atoms with Crippen LogP contribution in [0.25, 0.3) is 17.4 Å². The summed E-state index contributed by atoms with van der Waals surface area (Å²) in [5, 5.41) is 17.9. The standard InChI is InChI=1S/C13H10N4O/c18-12(10-4-2-1-3-5-10)6-13-16-15-8-11-7-14-9-17(11)13/h1-9,18H/b12-6+. The third-order valence-electron chi connectivity index (χ3n) is 2.60. The van der Waals surface area contributed by atoms with E-state index in [1.54, 1.807) is 29.2 Å². The number of benzene rings is 1. The molecule has 0 radical (unpaired) electrons. The maximum Gasteiger partial charge on any atom is 0.164 e. The summed E-state index contributed by atoms with van der Waals surface area (Å²) in [6.45, 7) is 0. The van der Waals surface area contributed by atoms with Gasteiger partial charge in [-0.1, -0.05) is 30.3 Å². The topological polar surface area (TPSA) is 63.3 Å². The van der Waals surface area contributed by atoms with Crippen molar-refractivity contribution in [2.24, 2.45) is 0 Å². The molecular formula is C13H10N4O. The number of nitrogens with zero attached hydrogens (tertiary/aromatic N) is 4. The molecule has 18 heavy (non-hydrogen) atoms. The van der Waals surface area contributed by atoms with Crippen molar-refractivity contribution in [1.29, 1.82) is 0 Å². The first kappa shape index (κ1) is 10.5. The maximum absolute atomic E-state index is 10.0. The van der Waals surface area contributed by atoms with E-state index in [0.717, 1.165) is 11.1 Å². The molecule has 5 nitrogen and oxygen atoms in total. The van der Waals surface area contributed by atoms with Crippen molar-refractivity contribution in [2.75, 3.05) is 0 Å². The number of hydrogen-bond acceptors (Lipinski definition) is 4. The third-order valence-corrected chi connectivity index (χ3v) is 2.60. The molecule has 5 heteroatoms. The van der Waals surface area contributed by atoms with Crippen molar-refractivity contribution in [1.82, 2.24) is 19.6 Å². The highest BCUT2D eigenvalue weighted by molar-refractivity contribution is 5.74. The molecule has 0 aliphatic heterocycles. The zero-order valence-corrected chi connectivity index (χ0v) is 9.43. The summed E-state index contributed by atoms with van der Waals surface area (Å²) in [4.78, 5) is 4.01. The van der Waals surface area contributed by atoms with Crippen LogP contribution in [0.2, 0.25) is 0 Å². The fourth-order valence-electron chi connectivity index (χ4n) is 1.70. The largest absolute Gasteiger partial charge is 0.507 e. The maximum atomic E-state index is 10.0. The van der Waals surface area contributed by atoms with Gasteiger partial charge >= 0.3 is 0 Å². The summed E-state index contributed by atoms with van der Waals surface area (Å²) in [6.07, 6.45) is 6.50. The number of imidazole rings is 1. The Balaban J connectivity index is 2.08. The van der Waals surface area contributed by atoms with Crippen LogP contribution in [0.15, 0.2) is 49.1 Å². The second-order valence-corrected chi connectivity index (χ2v) is 3.79. The van der Waals surface area contributed by atoms with Gasteiger partial charge in [0.05, 0.1) is 17.9 Å². The van der Waals surface area contributed by atoms with Gasteiger partial charge in [0.25, 0.3) is 0 Å². The fraction of sp³-hybridized carbons (Fsp3) is 0. The Hall–Kier alpha value is -2.69. The van der Waals surface area contributed by atoms with Crippen molar-refractivity contribution in [3.05, 3.63) is 60.4 Å². The summed E-state index contributed by atoms with van der Waals surface area (Å²) in [6, 6.07) is 9.28. The molecule has 1 N–H and O–H groups in total. The molecule has 0 aliphatic carbocycles. The summed E-state index contributed by atoms with van der Waals surface area (Å²) in [5.41, 5.74) is 1.56. The van der Waals surface area contributed by atoms with E-state index in [1.165, 1.54) is 0 Å². The molecule has 0 fully saturated rings. The van der Waals surface area contributed by atoms with Crippen LogP contribution in [-0.4, -0.2) is 24.7 Å². The summed E-state index contributed by atoms with van der Waals surface area (Å²) < 4.78 is 1.76. The number of aliphatic hydroxyl groups is 1. The molecule has 0 spiro atoms. The molecule has 3 aromatic rings. The molecule has 0 aliphatic rings. The van der Waals surface area contributed by atoms with Crippen LogP contribution in [0.1, 0.15) is 11.4 Å². The van der Waals surface area contributed by atoms with Crippen LogP contribution < -0.4 is 0 Å². The van der Waals surface area contributed by atoms with E-state index in [1.807, 2.05) is 30.3 Å². The van der Waals surface area contributed by atoms with Crippen LogP contribution in [0.5, 0.6) is 0 Å². The van der Waals surface area contributed by atoms with Gasteiger partial charge in [0.1, 0.15) is 12.1 Å². The van der Waals surface area contributed by atoms with Gasteiger partial charge in [-0.25, -0.2) is 4.98 Å². The van der Waals surface area contributed by atoms with Crippen LogP contribution in [0, 0.1) is 0 Å².